The highest BCUT2D eigenvalue weighted by Crippen LogP contribution is 2.29. The number of aromatic nitrogens is 2. The van der Waals surface area contributed by atoms with E-state index in [-0.39, 0.29) is 23.9 Å². The molecule has 0 aliphatic heterocycles. The first-order chi connectivity index (χ1) is 9.10. The number of nitrogens with zero attached hydrogens (tertiary/aromatic N) is 2. The second-order valence-electron chi connectivity index (χ2n) is 4.69. The molecule has 0 radical (unpaired) electrons. The number of anilines is 2. The molecule has 2 rings (SSSR count). The van der Waals surface area contributed by atoms with Gasteiger partial charge >= 0.3 is 0 Å². The van der Waals surface area contributed by atoms with Crippen LogP contribution in [0.15, 0.2) is 0 Å². The molecule has 1 fully saturated rings. The summed E-state index contributed by atoms with van der Waals surface area (Å²) >= 11 is 5.93. The van der Waals surface area contributed by atoms with Crippen molar-refractivity contribution in [3.05, 3.63) is 11.0 Å². The second kappa shape index (κ2) is 6.36. The van der Waals surface area contributed by atoms with Crippen molar-refractivity contribution in [3.8, 4) is 0 Å². The molecule has 19 heavy (non-hydrogen) atoms. The molecule has 1 heterocycles. The fraction of sp³-hybridized carbons (Fsp3) is 0.667. The van der Waals surface area contributed by atoms with E-state index in [2.05, 4.69) is 15.3 Å². The Kier molecular flexibility index (Phi) is 4.79. The maximum absolute atomic E-state index is 8.74. The zero-order valence-electron chi connectivity index (χ0n) is 10.9. The highest BCUT2D eigenvalue weighted by Gasteiger charge is 2.26. The number of aliphatic hydroxyl groups is 1. The van der Waals surface area contributed by atoms with E-state index in [1.807, 2.05) is 0 Å². The number of rotatable bonds is 5. The normalized spacial score (nSPS) is 22.7. The molecule has 1 aliphatic carbocycles. The third-order valence-electron chi connectivity index (χ3n) is 3.18. The average Bonchev–Trinajstić information content (AvgIpc) is 2.80. The lowest BCUT2D eigenvalue weighted by molar-refractivity contribution is 0.0326. The first kappa shape index (κ1) is 14.3. The van der Waals surface area contributed by atoms with Crippen molar-refractivity contribution in [3.63, 3.8) is 0 Å². The third-order valence-corrected chi connectivity index (χ3v) is 3.47. The smallest absolute Gasteiger partial charge is 0.157 e. The van der Waals surface area contributed by atoms with Crippen LogP contribution in [0.25, 0.3) is 0 Å². The summed E-state index contributed by atoms with van der Waals surface area (Å²) in [5.41, 5.74) is 6.24. The lowest BCUT2D eigenvalue weighted by atomic mass is 10.2. The Balaban J connectivity index is 1.95. The average molecular weight is 287 g/mol. The van der Waals surface area contributed by atoms with Gasteiger partial charge in [-0.25, -0.2) is 9.97 Å². The zero-order chi connectivity index (χ0) is 13.8. The highest BCUT2D eigenvalue weighted by molar-refractivity contribution is 6.32. The van der Waals surface area contributed by atoms with E-state index in [0.29, 0.717) is 23.9 Å². The predicted molar refractivity (Wildman–Crippen MR) is 74.3 cm³/mol. The minimum Gasteiger partial charge on any atom is -0.394 e. The van der Waals surface area contributed by atoms with Crippen LogP contribution in [-0.2, 0) is 4.74 Å². The van der Waals surface area contributed by atoms with Crippen LogP contribution in [0.4, 0.5) is 11.5 Å². The number of halogens is 1. The first-order valence-corrected chi connectivity index (χ1v) is 6.76. The highest BCUT2D eigenvalue weighted by atomic mass is 35.5. The summed E-state index contributed by atoms with van der Waals surface area (Å²) in [6, 6.07) is 0.261. The molecule has 6 nitrogen and oxygen atoms in total. The summed E-state index contributed by atoms with van der Waals surface area (Å²) < 4.78 is 5.52. The summed E-state index contributed by atoms with van der Waals surface area (Å²) in [7, 11) is 0. The van der Waals surface area contributed by atoms with Crippen LogP contribution >= 0.6 is 11.6 Å². The van der Waals surface area contributed by atoms with Gasteiger partial charge in [-0.2, -0.15) is 0 Å². The lowest BCUT2D eigenvalue weighted by Gasteiger charge is -2.16. The van der Waals surface area contributed by atoms with Gasteiger partial charge in [-0.1, -0.05) is 11.6 Å². The van der Waals surface area contributed by atoms with Gasteiger partial charge in [0.25, 0.3) is 0 Å². The van der Waals surface area contributed by atoms with Crippen molar-refractivity contribution in [2.24, 2.45) is 0 Å². The molecule has 0 bridgehead atoms. The molecule has 2 atom stereocenters. The van der Waals surface area contributed by atoms with E-state index in [9.17, 15) is 0 Å². The maximum Gasteiger partial charge on any atom is 0.157 e. The van der Waals surface area contributed by atoms with Crippen molar-refractivity contribution in [1.82, 2.24) is 9.97 Å². The number of nitrogen functional groups attached to an aromatic ring is 1. The van der Waals surface area contributed by atoms with Crippen LogP contribution in [0.3, 0.4) is 0 Å². The Hall–Kier alpha value is -1.11. The maximum atomic E-state index is 8.74. The molecule has 0 aromatic carbocycles. The van der Waals surface area contributed by atoms with E-state index in [1.54, 1.807) is 6.92 Å². The number of nitrogens with two attached hydrogens (primary N) is 1. The molecule has 0 amide bonds. The molecule has 1 aliphatic rings. The molecule has 1 saturated carbocycles. The van der Waals surface area contributed by atoms with Crippen molar-refractivity contribution >= 4 is 23.1 Å². The van der Waals surface area contributed by atoms with E-state index in [4.69, 9.17) is 27.2 Å². The molecular formula is C12H19ClN4O2. The molecule has 0 saturated heterocycles. The summed E-state index contributed by atoms with van der Waals surface area (Å²) in [5, 5.41) is 12.3. The Labute approximate surface area is 117 Å². The standard InChI is InChI=1S/C12H19ClN4O2/c1-7-15-11(13)10(14)12(16-7)17-8-2-3-9(6-8)19-5-4-18/h8-9,18H,2-6,14H2,1H3,(H,15,16,17). The minimum absolute atomic E-state index is 0.0578. The number of hydrogen-bond acceptors (Lipinski definition) is 6. The lowest BCUT2D eigenvalue weighted by Crippen LogP contribution is -2.20. The van der Waals surface area contributed by atoms with Crippen LogP contribution in [0, 0.1) is 6.92 Å². The largest absolute Gasteiger partial charge is 0.394 e. The molecule has 1 aromatic heterocycles. The fourth-order valence-electron chi connectivity index (χ4n) is 2.29. The summed E-state index contributed by atoms with van der Waals surface area (Å²) in [6.07, 6.45) is 3.01. The minimum atomic E-state index is 0.0578. The molecule has 7 heteroatoms. The van der Waals surface area contributed by atoms with E-state index in [0.717, 1.165) is 19.3 Å². The number of aryl methyl sites for hydroxylation is 1. The van der Waals surface area contributed by atoms with Gasteiger partial charge in [-0.05, 0) is 26.2 Å². The Morgan fingerprint density at radius 3 is 3.00 bits per heavy atom. The van der Waals surface area contributed by atoms with Gasteiger partial charge in [0.15, 0.2) is 11.0 Å². The topological polar surface area (TPSA) is 93.3 Å². The molecule has 0 spiro atoms. The fourth-order valence-corrected chi connectivity index (χ4v) is 2.50. The van der Waals surface area contributed by atoms with Gasteiger partial charge in [0.1, 0.15) is 11.5 Å². The predicted octanol–water partition coefficient (Wildman–Crippen LogP) is 1.36. The van der Waals surface area contributed by atoms with E-state index in [1.165, 1.54) is 0 Å². The van der Waals surface area contributed by atoms with Gasteiger partial charge in [0.2, 0.25) is 0 Å². The quantitative estimate of drug-likeness (QED) is 0.708. The van der Waals surface area contributed by atoms with Gasteiger partial charge in [0.05, 0.1) is 19.3 Å². The third kappa shape index (κ3) is 3.68. The summed E-state index contributed by atoms with van der Waals surface area (Å²) in [6.45, 7) is 2.22. The molecule has 2 unspecified atom stereocenters. The zero-order valence-corrected chi connectivity index (χ0v) is 11.7. The number of ether oxygens (including phenoxy) is 1. The van der Waals surface area contributed by atoms with Gasteiger partial charge in [-0.15, -0.1) is 0 Å². The molecule has 106 valence electrons. The number of hydrogen-bond donors (Lipinski definition) is 3. The first-order valence-electron chi connectivity index (χ1n) is 6.38. The van der Waals surface area contributed by atoms with Crippen molar-refractivity contribution in [1.29, 1.82) is 0 Å². The summed E-state index contributed by atoms with van der Waals surface area (Å²) in [5.74, 6) is 1.18. The van der Waals surface area contributed by atoms with Crippen LogP contribution < -0.4 is 11.1 Å². The van der Waals surface area contributed by atoms with E-state index >= 15 is 0 Å². The number of aliphatic hydroxyl groups excluding tert-OH is 1. The van der Waals surface area contributed by atoms with Crippen molar-refractivity contribution < 1.29 is 9.84 Å². The Bertz CT molecular complexity index is 444. The van der Waals surface area contributed by atoms with Crippen molar-refractivity contribution in [2.75, 3.05) is 24.3 Å². The Morgan fingerprint density at radius 2 is 2.26 bits per heavy atom. The van der Waals surface area contributed by atoms with Crippen LogP contribution in [0.2, 0.25) is 5.15 Å². The van der Waals surface area contributed by atoms with Crippen LogP contribution in [0.1, 0.15) is 25.1 Å². The van der Waals surface area contributed by atoms with Gasteiger partial charge in [-0.3, -0.25) is 0 Å². The molecule has 1 aromatic rings. The van der Waals surface area contributed by atoms with E-state index < -0.39 is 0 Å². The SMILES string of the molecule is Cc1nc(Cl)c(N)c(NC2CCC(OCCO)C2)n1. The molecular weight excluding hydrogens is 268 g/mol. The van der Waals surface area contributed by atoms with Gasteiger partial charge in [0, 0.05) is 6.04 Å². The Morgan fingerprint density at radius 1 is 1.47 bits per heavy atom. The van der Waals surface area contributed by atoms with Crippen molar-refractivity contribution in [2.45, 2.75) is 38.3 Å². The van der Waals surface area contributed by atoms with Gasteiger partial charge < -0.3 is 20.9 Å². The summed E-state index contributed by atoms with van der Waals surface area (Å²) in [4.78, 5) is 8.27. The van der Waals surface area contributed by atoms with Crippen LogP contribution in [-0.4, -0.2) is 40.4 Å². The molecule has 4 N–H and O–H groups in total. The monoisotopic (exact) mass is 286 g/mol. The second-order valence-corrected chi connectivity index (χ2v) is 5.05. The van der Waals surface area contributed by atoms with Crippen LogP contribution in [0.5, 0.6) is 0 Å². The number of nitrogens with one attached hydrogen (secondary N) is 1.